The van der Waals surface area contributed by atoms with Crippen molar-refractivity contribution in [1.82, 2.24) is 4.90 Å². The minimum atomic E-state index is -1.28. The van der Waals surface area contributed by atoms with Gasteiger partial charge in [0.05, 0.1) is 7.11 Å². The number of esters is 1. The Labute approximate surface area is 193 Å². The van der Waals surface area contributed by atoms with Crippen LogP contribution in [0.25, 0.3) is 0 Å². The van der Waals surface area contributed by atoms with Crippen molar-refractivity contribution in [3.8, 4) is 5.75 Å². The van der Waals surface area contributed by atoms with Crippen molar-refractivity contribution in [2.45, 2.75) is 31.5 Å². The molecule has 0 saturated heterocycles. The molecule has 0 bridgehead atoms. The fraction of sp³-hybridized carbons (Fsp3) is 0.259. The molecule has 0 fully saturated rings. The van der Waals surface area contributed by atoms with Crippen molar-refractivity contribution in [3.63, 3.8) is 0 Å². The molecule has 3 aromatic carbocycles. The zero-order valence-electron chi connectivity index (χ0n) is 18.7. The first kappa shape index (κ1) is 22.6. The summed E-state index contributed by atoms with van der Waals surface area (Å²) in [6.45, 7) is 2.39. The van der Waals surface area contributed by atoms with Crippen LogP contribution in [0.4, 0.5) is 0 Å². The minimum Gasteiger partial charge on any atom is -0.508 e. The summed E-state index contributed by atoms with van der Waals surface area (Å²) >= 11 is 0. The van der Waals surface area contributed by atoms with E-state index >= 15 is 0 Å². The van der Waals surface area contributed by atoms with Gasteiger partial charge in [0, 0.05) is 29.7 Å². The summed E-state index contributed by atoms with van der Waals surface area (Å²) in [7, 11) is 1.32. The highest BCUT2D eigenvalue weighted by molar-refractivity contribution is 6.02. The van der Waals surface area contributed by atoms with E-state index in [1.165, 1.54) is 12.0 Å². The Bertz CT molecular complexity index is 1130. The van der Waals surface area contributed by atoms with Gasteiger partial charge in [-0.05, 0) is 30.2 Å². The average Bonchev–Trinajstić information content (AvgIpc) is 3.11. The Balaban J connectivity index is 1.92. The maximum absolute atomic E-state index is 13.9. The van der Waals surface area contributed by atoms with Gasteiger partial charge in [0.15, 0.2) is 5.72 Å². The molecule has 1 aliphatic heterocycles. The molecule has 2 unspecified atom stereocenters. The highest BCUT2D eigenvalue weighted by Gasteiger charge is 2.56. The SMILES string of the molecule is CCCOC1(c2ccccc2)c2ccccc2C(=O)N1C(Cc1ccc(O)cc1)C(=O)OC. The third kappa shape index (κ3) is 3.98. The fourth-order valence-corrected chi connectivity index (χ4v) is 4.44. The molecule has 3 aromatic rings. The Morgan fingerprint density at radius 2 is 1.67 bits per heavy atom. The quantitative estimate of drug-likeness (QED) is 0.525. The highest BCUT2D eigenvalue weighted by Crippen LogP contribution is 2.47. The van der Waals surface area contributed by atoms with Gasteiger partial charge in [-0.15, -0.1) is 0 Å². The van der Waals surface area contributed by atoms with Crippen molar-refractivity contribution < 1.29 is 24.2 Å². The first-order valence-electron chi connectivity index (χ1n) is 11.0. The molecule has 4 rings (SSSR count). The van der Waals surface area contributed by atoms with Crippen LogP contribution in [0.15, 0.2) is 78.9 Å². The van der Waals surface area contributed by atoms with Crippen LogP contribution in [0.5, 0.6) is 5.75 Å². The topological polar surface area (TPSA) is 76.1 Å². The van der Waals surface area contributed by atoms with E-state index in [1.807, 2.05) is 55.5 Å². The lowest BCUT2D eigenvalue weighted by atomic mass is 9.92. The number of benzene rings is 3. The first-order valence-corrected chi connectivity index (χ1v) is 11.0. The van der Waals surface area contributed by atoms with Gasteiger partial charge >= 0.3 is 5.97 Å². The van der Waals surface area contributed by atoms with E-state index in [0.29, 0.717) is 17.7 Å². The van der Waals surface area contributed by atoms with Crippen LogP contribution in [0.2, 0.25) is 0 Å². The maximum atomic E-state index is 13.9. The molecule has 170 valence electrons. The number of methoxy groups -OCH3 is 1. The zero-order valence-corrected chi connectivity index (χ0v) is 18.7. The molecule has 1 N–H and O–H groups in total. The monoisotopic (exact) mass is 445 g/mol. The highest BCUT2D eigenvalue weighted by atomic mass is 16.5. The van der Waals surface area contributed by atoms with Crippen molar-refractivity contribution in [1.29, 1.82) is 0 Å². The summed E-state index contributed by atoms with van der Waals surface area (Å²) in [6.07, 6.45) is 0.941. The number of fused-ring (bicyclic) bond motifs is 1. The second-order valence-electron chi connectivity index (χ2n) is 7.99. The third-order valence-electron chi connectivity index (χ3n) is 5.91. The smallest absolute Gasteiger partial charge is 0.329 e. The van der Waals surface area contributed by atoms with E-state index in [2.05, 4.69) is 0 Å². The number of aromatic hydroxyl groups is 1. The molecule has 0 spiro atoms. The predicted molar refractivity (Wildman–Crippen MR) is 124 cm³/mol. The van der Waals surface area contributed by atoms with E-state index in [-0.39, 0.29) is 18.1 Å². The molecular formula is C27H27NO5. The van der Waals surface area contributed by atoms with E-state index < -0.39 is 17.7 Å². The van der Waals surface area contributed by atoms with Crippen LogP contribution in [0.1, 0.15) is 40.4 Å². The Kier molecular flexibility index (Phi) is 6.47. The molecule has 0 aromatic heterocycles. The summed E-state index contributed by atoms with van der Waals surface area (Å²) in [4.78, 5) is 28.5. The van der Waals surface area contributed by atoms with Gasteiger partial charge < -0.3 is 14.6 Å². The average molecular weight is 446 g/mol. The van der Waals surface area contributed by atoms with Crippen LogP contribution in [-0.4, -0.2) is 41.6 Å². The van der Waals surface area contributed by atoms with Crippen molar-refractivity contribution >= 4 is 11.9 Å². The molecule has 6 heteroatoms. The van der Waals surface area contributed by atoms with Gasteiger partial charge in [-0.1, -0.05) is 67.6 Å². The molecule has 0 radical (unpaired) electrons. The maximum Gasteiger partial charge on any atom is 0.329 e. The normalized spacial score (nSPS) is 18.1. The Hall–Kier alpha value is -3.64. The van der Waals surface area contributed by atoms with Crippen molar-refractivity contribution in [3.05, 3.63) is 101 Å². The summed E-state index contributed by atoms with van der Waals surface area (Å²) in [5.74, 6) is -0.702. The number of ether oxygens (including phenoxy) is 2. The number of nitrogens with zero attached hydrogens (tertiary/aromatic N) is 1. The second kappa shape index (κ2) is 9.46. The van der Waals surface area contributed by atoms with Crippen LogP contribution in [-0.2, 0) is 26.4 Å². The molecular weight excluding hydrogens is 418 g/mol. The summed E-state index contributed by atoms with van der Waals surface area (Å²) in [5, 5.41) is 9.67. The van der Waals surface area contributed by atoms with Crippen LogP contribution >= 0.6 is 0 Å². The van der Waals surface area contributed by atoms with Gasteiger partial charge in [0.25, 0.3) is 5.91 Å². The van der Waals surface area contributed by atoms with E-state index in [0.717, 1.165) is 17.5 Å². The zero-order chi connectivity index (χ0) is 23.4. The number of hydrogen-bond acceptors (Lipinski definition) is 5. The Morgan fingerprint density at radius 3 is 2.33 bits per heavy atom. The van der Waals surface area contributed by atoms with Gasteiger partial charge in [-0.2, -0.15) is 0 Å². The van der Waals surface area contributed by atoms with Gasteiger partial charge in [-0.25, -0.2) is 4.79 Å². The van der Waals surface area contributed by atoms with E-state index in [4.69, 9.17) is 9.47 Å². The van der Waals surface area contributed by atoms with Crippen molar-refractivity contribution in [2.75, 3.05) is 13.7 Å². The van der Waals surface area contributed by atoms with Crippen LogP contribution < -0.4 is 0 Å². The van der Waals surface area contributed by atoms with E-state index in [9.17, 15) is 14.7 Å². The molecule has 2 atom stereocenters. The predicted octanol–water partition coefficient (Wildman–Crippen LogP) is 4.26. The second-order valence-corrected chi connectivity index (χ2v) is 7.99. The largest absolute Gasteiger partial charge is 0.508 e. The van der Waals surface area contributed by atoms with E-state index in [1.54, 1.807) is 30.3 Å². The lowest BCUT2D eigenvalue weighted by Crippen LogP contribution is -2.56. The molecule has 1 amide bonds. The number of hydrogen-bond donors (Lipinski definition) is 1. The molecule has 1 aliphatic rings. The Morgan fingerprint density at radius 1 is 1.00 bits per heavy atom. The van der Waals surface area contributed by atoms with Gasteiger partial charge in [0.2, 0.25) is 0 Å². The number of rotatable bonds is 8. The number of phenolic OH excluding ortho intramolecular Hbond substituents is 1. The van der Waals surface area contributed by atoms with Crippen LogP contribution in [0, 0.1) is 0 Å². The molecule has 6 nitrogen and oxygen atoms in total. The molecule has 33 heavy (non-hydrogen) atoms. The van der Waals surface area contributed by atoms with Crippen LogP contribution in [0.3, 0.4) is 0 Å². The third-order valence-corrected chi connectivity index (χ3v) is 5.91. The lowest BCUT2D eigenvalue weighted by molar-refractivity contribution is -0.161. The first-order chi connectivity index (χ1) is 16.0. The number of phenols is 1. The molecule has 0 aliphatic carbocycles. The summed E-state index contributed by atoms with van der Waals surface area (Å²) < 4.78 is 11.7. The molecule has 1 heterocycles. The lowest BCUT2D eigenvalue weighted by Gasteiger charge is -2.42. The fourth-order valence-electron chi connectivity index (χ4n) is 4.44. The molecule has 0 saturated carbocycles. The number of carbonyl (C=O) groups is 2. The summed E-state index contributed by atoms with van der Waals surface area (Å²) in [6, 6.07) is 22.5. The van der Waals surface area contributed by atoms with Gasteiger partial charge in [-0.3, -0.25) is 9.69 Å². The summed E-state index contributed by atoms with van der Waals surface area (Å²) in [5.41, 5.74) is 1.47. The number of amides is 1. The van der Waals surface area contributed by atoms with Gasteiger partial charge in [0.1, 0.15) is 11.8 Å². The minimum absolute atomic E-state index is 0.128. The standard InChI is InChI=1S/C27H27NO5/c1-3-17-33-27(20-9-5-4-6-10-20)23-12-8-7-11-22(23)25(30)28(27)24(26(31)32-2)18-19-13-15-21(29)16-14-19/h4-16,24,29H,3,17-18H2,1-2H3. The number of carbonyl (C=O) groups excluding carboxylic acids is 2. The van der Waals surface area contributed by atoms with Crippen molar-refractivity contribution in [2.24, 2.45) is 0 Å².